The van der Waals surface area contributed by atoms with E-state index >= 15 is 0 Å². The van der Waals surface area contributed by atoms with Gasteiger partial charge in [-0.15, -0.1) is 5.10 Å². The Bertz CT molecular complexity index is 339. The molecule has 0 bridgehead atoms. The normalized spacial score (nSPS) is 13.1. The molecular formula is C14H27N3. The summed E-state index contributed by atoms with van der Waals surface area (Å²) in [4.78, 5) is 0. The SMILES string of the molecule is CC(C)(C)CCCn1cc(CC(C)(C)C)nn1. The zero-order chi connectivity index (χ0) is 13.1. The van der Waals surface area contributed by atoms with E-state index in [1.807, 2.05) is 4.68 Å². The molecule has 0 aromatic carbocycles. The molecule has 98 valence electrons. The van der Waals surface area contributed by atoms with Crippen LogP contribution in [0.1, 0.15) is 60.1 Å². The summed E-state index contributed by atoms with van der Waals surface area (Å²) >= 11 is 0. The first-order chi connectivity index (χ1) is 7.66. The number of aromatic nitrogens is 3. The van der Waals surface area contributed by atoms with E-state index in [-0.39, 0.29) is 5.41 Å². The Morgan fingerprint density at radius 3 is 2.24 bits per heavy atom. The van der Waals surface area contributed by atoms with Gasteiger partial charge in [0.2, 0.25) is 0 Å². The molecule has 1 aromatic rings. The summed E-state index contributed by atoms with van der Waals surface area (Å²) < 4.78 is 1.98. The van der Waals surface area contributed by atoms with Gasteiger partial charge in [0.25, 0.3) is 0 Å². The van der Waals surface area contributed by atoms with E-state index < -0.39 is 0 Å². The van der Waals surface area contributed by atoms with Crippen molar-refractivity contribution >= 4 is 0 Å². The lowest BCUT2D eigenvalue weighted by Crippen LogP contribution is -2.09. The molecule has 0 aliphatic rings. The molecule has 3 heteroatoms. The van der Waals surface area contributed by atoms with Crippen LogP contribution in [0.15, 0.2) is 6.20 Å². The molecule has 0 N–H and O–H groups in total. The fraction of sp³-hybridized carbons (Fsp3) is 0.857. The van der Waals surface area contributed by atoms with E-state index in [1.165, 1.54) is 12.8 Å². The molecular weight excluding hydrogens is 210 g/mol. The van der Waals surface area contributed by atoms with Crippen LogP contribution < -0.4 is 0 Å². The molecule has 0 aliphatic heterocycles. The number of hydrogen-bond donors (Lipinski definition) is 0. The van der Waals surface area contributed by atoms with E-state index in [4.69, 9.17) is 0 Å². The van der Waals surface area contributed by atoms with Crippen molar-refractivity contribution in [1.29, 1.82) is 0 Å². The third kappa shape index (κ3) is 6.44. The predicted octanol–water partition coefficient (Wildman–Crippen LogP) is 3.69. The van der Waals surface area contributed by atoms with Crippen LogP contribution in [0.5, 0.6) is 0 Å². The van der Waals surface area contributed by atoms with Gasteiger partial charge in [-0.05, 0) is 30.1 Å². The van der Waals surface area contributed by atoms with Crippen molar-refractivity contribution in [3.05, 3.63) is 11.9 Å². The summed E-state index contributed by atoms with van der Waals surface area (Å²) in [5.74, 6) is 0. The number of hydrogen-bond acceptors (Lipinski definition) is 2. The highest BCUT2D eigenvalue weighted by Gasteiger charge is 2.14. The Labute approximate surface area is 106 Å². The second-order valence-electron chi connectivity index (χ2n) is 7.37. The first kappa shape index (κ1) is 14.2. The second kappa shape index (κ2) is 5.19. The molecule has 0 spiro atoms. The highest BCUT2D eigenvalue weighted by atomic mass is 15.4. The molecule has 0 fully saturated rings. The maximum absolute atomic E-state index is 4.23. The van der Waals surface area contributed by atoms with Crippen LogP contribution in [0.4, 0.5) is 0 Å². The maximum atomic E-state index is 4.23. The molecule has 0 saturated carbocycles. The zero-order valence-corrected chi connectivity index (χ0v) is 12.2. The molecule has 0 amide bonds. The van der Waals surface area contributed by atoms with Crippen LogP contribution in [-0.2, 0) is 13.0 Å². The van der Waals surface area contributed by atoms with Crippen molar-refractivity contribution in [2.45, 2.75) is 67.3 Å². The number of rotatable bonds is 4. The van der Waals surface area contributed by atoms with Crippen LogP contribution >= 0.6 is 0 Å². The van der Waals surface area contributed by atoms with E-state index in [2.05, 4.69) is 58.1 Å². The van der Waals surface area contributed by atoms with Crippen LogP contribution in [0.3, 0.4) is 0 Å². The number of aryl methyl sites for hydroxylation is 1. The highest BCUT2D eigenvalue weighted by Crippen LogP contribution is 2.21. The van der Waals surface area contributed by atoms with Gasteiger partial charge in [0.1, 0.15) is 0 Å². The van der Waals surface area contributed by atoms with Crippen molar-refractivity contribution < 1.29 is 0 Å². The molecule has 0 saturated heterocycles. The summed E-state index contributed by atoms with van der Waals surface area (Å²) in [5, 5.41) is 8.42. The monoisotopic (exact) mass is 237 g/mol. The third-order valence-corrected chi connectivity index (χ3v) is 2.61. The summed E-state index contributed by atoms with van der Waals surface area (Å²) in [7, 11) is 0. The largest absolute Gasteiger partial charge is 0.252 e. The summed E-state index contributed by atoms with van der Waals surface area (Å²) in [6, 6.07) is 0. The van der Waals surface area contributed by atoms with Crippen LogP contribution in [0, 0.1) is 10.8 Å². The van der Waals surface area contributed by atoms with E-state index in [0.29, 0.717) is 5.41 Å². The molecule has 3 nitrogen and oxygen atoms in total. The molecule has 0 aliphatic carbocycles. The van der Waals surface area contributed by atoms with Gasteiger partial charge in [-0.2, -0.15) is 0 Å². The quantitative estimate of drug-likeness (QED) is 0.799. The van der Waals surface area contributed by atoms with E-state index in [9.17, 15) is 0 Å². The second-order valence-corrected chi connectivity index (χ2v) is 7.37. The molecule has 1 aromatic heterocycles. The first-order valence-electron chi connectivity index (χ1n) is 6.55. The lowest BCUT2D eigenvalue weighted by atomic mass is 9.90. The lowest BCUT2D eigenvalue weighted by molar-refractivity contribution is 0.347. The Kier molecular flexibility index (Phi) is 4.34. The van der Waals surface area contributed by atoms with Gasteiger partial charge in [-0.25, -0.2) is 0 Å². The van der Waals surface area contributed by atoms with Crippen molar-refractivity contribution in [1.82, 2.24) is 15.0 Å². The number of nitrogens with zero attached hydrogens (tertiary/aromatic N) is 3. The predicted molar refractivity (Wildman–Crippen MR) is 71.9 cm³/mol. The molecule has 0 unspecified atom stereocenters. The zero-order valence-electron chi connectivity index (χ0n) is 12.2. The van der Waals surface area contributed by atoms with Crippen molar-refractivity contribution in [3.8, 4) is 0 Å². The van der Waals surface area contributed by atoms with Crippen LogP contribution in [0.25, 0.3) is 0 Å². The Morgan fingerprint density at radius 1 is 1.06 bits per heavy atom. The average Bonchev–Trinajstić information content (AvgIpc) is 2.46. The lowest BCUT2D eigenvalue weighted by Gasteiger charge is -2.17. The minimum atomic E-state index is 0.284. The Hall–Kier alpha value is -0.860. The topological polar surface area (TPSA) is 30.7 Å². The summed E-state index contributed by atoms with van der Waals surface area (Å²) in [5.41, 5.74) is 1.80. The maximum Gasteiger partial charge on any atom is 0.0832 e. The highest BCUT2D eigenvalue weighted by molar-refractivity contribution is 4.95. The Balaban J connectivity index is 2.41. The minimum absolute atomic E-state index is 0.284. The summed E-state index contributed by atoms with van der Waals surface area (Å²) in [6.07, 6.45) is 5.48. The fourth-order valence-electron chi connectivity index (χ4n) is 1.84. The molecule has 0 atom stereocenters. The van der Waals surface area contributed by atoms with Gasteiger partial charge in [-0.1, -0.05) is 46.8 Å². The minimum Gasteiger partial charge on any atom is -0.252 e. The average molecular weight is 237 g/mol. The van der Waals surface area contributed by atoms with Gasteiger partial charge in [0.15, 0.2) is 0 Å². The van der Waals surface area contributed by atoms with Crippen molar-refractivity contribution in [3.63, 3.8) is 0 Å². The van der Waals surface area contributed by atoms with Crippen molar-refractivity contribution in [2.75, 3.05) is 0 Å². The molecule has 1 heterocycles. The molecule has 0 radical (unpaired) electrons. The van der Waals surface area contributed by atoms with Crippen molar-refractivity contribution in [2.24, 2.45) is 10.8 Å². The van der Waals surface area contributed by atoms with E-state index in [1.54, 1.807) is 0 Å². The smallest absolute Gasteiger partial charge is 0.0832 e. The van der Waals surface area contributed by atoms with Gasteiger partial charge >= 0.3 is 0 Å². The fourth-order valence-corrected chi connectivity index (χ4v) is 1.84. The summed E-state index contributed by atoms with van der Waals surface area (Å²) in [6.45, 7) is 14.5. The third-order valence-electron chi connectivity index (χ3n) is 2.61. The standard InChI is InChI=1S/C14H27N3/c1-13(2,3)8-7-9-17-11-12(15-16-17)10-14(4,5)6/h11H,7-10H2,1-6H3. The Morgan fingerprint density at radius 2 is 1.71 bits per heavy atom. The van der Waals surface area contributed by atoms with E-state index in [0.717, 1.165) is 18.7 Å². The van der Waals surface area contributed by atoms with Crippen LogP contribution in [0.2, 0.25) is 0 Å². The molecule has 1 rings (SSSR count). The van der Waals surface area contributed by atoms with Crippen LogP contribution in [-0.4, -0.2) is 15.0 Å². The van der Waals surface area contributed by atoms with Gasteiger partial charge in [0, 0.05) is 12.7 Å². The molecule has 17 heavy (non-hydrogen) atoms. The van der Waals surface area contributed by atoms with Gasteiger partial charge in [-0.3, -0.25) is 4.68 Å². The van der Waals surface area contributed by atoms with Gasteiger partial charge < -0.3 is 0 Å². The van der Waals surface area contributed by atoms with Gasteiger partial charge in [0.05, 0.1) is 5.69 Å². The first-order valence-corrected chi connectivity index (χ1v) is 6.55.